The lowest BCUT2D eigenvalue weighted by Gasteiger charge is -2.26. The van der Waals surface area contributed by atoms with Crippen molar-refractivity contribution < 1.29 is 19.1 Å². The van der Waals surface area contributed by atoms with Crippen molar-refractivity contribution in [1.82, 2.24) is 14.8 Å². The number of carbonyl (C=O) groups excluding carboxylic acids is 2. The Morgan fingerprint density at radius 2 is 1.90 bits per heavy atom. The molecule has 1 aromatic heterocycles. The zero-order chi connectivity index (χ0) is 21.5. The molecular weight excluding hydrogens is 394 g/mol. The summed E-state index contributed by atoms with van der Waals surface area (Å²) in [4.78, 5) is 33.5. The molecule has 2 aliphatic heterocycles. The molecule has 0 aliphatic carbocycles. The van der Waals surface area contributed by atoms with Gasteiger partial charge in [-0.15, -0.1) is 0 Å². The number of pyridine rings is 1. The highest BCUT2D eigenvalue weighted by atomic mass is 16.5. The summed E-state index contributed by atoms with van der Waals surface area (Å²) >= 11 is 0. The minimum Gasteiger partial charge on any atom is -0.370 e. The summed E-state index contributed by atoms with van der Waals surface area (Å²) in [7, 11) is 0. The molecule has 4 rings (SSSR count). The van der Waals surface area contributed by atoms with Gasteiger partial charge in [-0.2, -0.15) is 0 Å². The van der Waals surface area contributed by atoms with Gasteiger partial charge in [-0.05, 0) is 42.5 Å². The fraction of sp³-hybridized carbons (Fsp3) is 0.458. The van der Waals surface area contributed by atoms with Crippen LogP contribution in [-0.4, -0.2) is 71.6 Å². The highest BCUT2D eigenvalue weighted by molar-refractivity contribution is 5.87. The predicted octanol–water partition coefficient (Wildman–Crippen LogP) is 2.06. The monoisotopic (exact) mass is 423 g/mol. The Hall–Kier alpha value is -2.77. The number of benzene rings is 1. The third-order valence-electron chi connectivity index (χ3n) is 5.79. The fourth-order valence-corrected chi connectivity index (χ4v) is 4.05. The zero-order valence-corrected chi connectivity index (χ0v) is 17.7. The molecule has 0 radical (unpaired) electrons. The van der Waals surface area contributed by atoms with Crippen LogP contribution < -0.4 is 0 Å². The second-order valence-corrected chi connectivity index (χ2v) is 8.08. The number of ether oxygens (including phenoxy) is 2. The van der Waals surface area contributed by atoms with E-state index < -0.39 is 6.10 Å². The summed E-state index contributed by atoms with van der Waals surface area (Å²) in [6.45, 7) is 2.53. The van der Waals surface area contributed by atoms with Gasteiger partial charge in [0.15, 0.2) is 0 Å². The van der Waals surface area contributed by atoms with Crippen LogP contribution >= 0.6 is 0 Å². The van der Waals surface area contributed by atoms with Gasteiger partial charge in [0, 0.05) is 38.6 Å². The Labute approximate surface area is 183 Å². The van der Waals surface area contributed by atoms with E-state index in [0.717, 1.165) is 18.4 Å². The van der Waals surface area contributed by atoms with E-state index >= 15 is 0 Å². The van der Waals surface area contributed by atoms with Crippen LogP contribution in [0.15, 0.2) is 54.9 Å². The van der Waals surface area contributed by atoms with Crippen molar-refractivity contribution in [2.24, 2.45) is 0 Å². The molecule has 2 atom stereocenters. The van der Waals surface area contributed by atoms with Crippen LogP contribution in [-0.2, 0) is 32.1 Å². The molecule has 7 heteroatoms. The maximum atomic E-state index is 13.0. The molecule has 0 spiro atoms. The number of aromatic nitrogens is 1. The average Bonchev–Trinajstić information content (AvgIpc) is 3.29. The number of nitrogens with zero attached hydrogens (tertiary/aromatic N) is 3. The maximum Gasteiger partial charge on any atom is 0.252 e. The minimum absolute atomic E-state index is 0.0442. The summed E-state index contributed by atoms with van der Waals surface area (Å²) in [5.74, 6) is -0.148. The Kier molecular flexibility index (Phi) is 7.27. The van der Waals surface area contributed by atoms with Crippen molar-refractivity contribution in [3.8, 4) is 0 Å². The van der Waals surface area contributed by atoms with Crippen LogP contribution in [0.2, 0.25) is 0 Å². The molecule has 0 N–H and O–H groups in total. The second-order valence-electron chi connectivity index (χ2n) is 8.08. The van der Waals surface area contributed by atoms with Crippen molar-refractivity contribution in [1.29, 1.82) is 0 Å². The quantitative estimate of drug-likeness (QED) is 0.682. The second kappa shape index (κ2) is 10.5. The first-order valence-electron chi connectivity index (χ1n) is 10.9. The van der Waals surface area contributed by atoms with Crippen LogP contribution in [0, 0.1) is 0 Å². The van der Waals surface area contributed by atoms with Crippen molar-refractivity contribution >= 4 is 11.8 Å². The van der Waals surface area contributed by atoms with Gasteiger partial charge in [0.25, 0.3) is 5.91 Å². The molecule has 2 amide bonds. The predicted molar refractivity (Wildman–Crippen MR) is 115 cm³/mol. The van der Waals surface area contributed by atoms with Crippen LogP contribution in [0.25, 0.3) is 0 Å². The van der Waals surface area contributed by atoms with E-state index in [-0.39, 0.29) is 24.5 Å². The van der Waals surface area contributed by atoms with E-state index in [2.05, 4.69) is 17.1 Å². The van der Waals surface area contributed by atoms with E-state index in [1.807, 2.05) is 35.2 Å². The van der Waals surface area contributed by atoms with Crippen LogP contribution in [0.3, 0.4) is 0 Å². The molecule has 2 aliphatic rings. The number of hydrogen-bond donors (Lipinski definition) is 0. The number of rotatable bonds is 7. The van der Waals surface area contributed by atoms with Gasteiger partial charge in [-0.3, -0.25) is 14.6 Å². The van der Waals surface area contributed by atoms with Gasteiger partial charge in [0.1, 0.15) is 6.10 Å². The van der Waals surface area contributed by atoms with E-state index in [9.17, 15) is 9.59 Å². The van der Waals surface area contributed by atoms with Gasteiger partial charge < -0.3 is 19.3 Å². The molecule has 2 saturated heterocycles. The third kappa shape index (κ3) is 5.89. The molecule has 2 fully saturated rings. The van der Waals surface area contributed by atoms with Crippen molar-refractivity contribution in [2.45, 2.75) is 38.1 Å². The Balaban J connectivity index is 1.44. The first kappa shape index (κ1) is 21.5. The van der Waals surface area contributed by atoms with Gasteiger partial charge >= 0.3 is 0 Å². The van der Waals surface area contributed by atoms with Crippen LogP contribution in [0.5, 0.6) is 0 Å². The van der Waals surface area contributed by atoms with Crippen LogP contribution in [0.1, 0.15) is 24.0 Å². The smallest absolute Gasteiger partial charge is 0.252 e. The normalized spacial score (nSPS) is 21.9. The molecule has 0 bridgehead atoms. The minimum atomic E-state index is -0.440. The van der Waals surface area contributed by atoms with Gasteiger partial charge in [0.05, 0.1) is 19.3 Å². The molecular formula is C24H29N3O4. The van der Waals surface area contributed by atoms with E-state index in [1.54, 1.807) is 17.3 Å². The highest BCUT2D eigenvalue weighted by Gasteiger charge is 2.35. The highest BCUT2D eigenvalue weighted by Crippen LogP contribution is 2.18. The van der Waals surface area contributed by atoms with Gasteiger partial charge in [-0.1, -0.05) is 30.3 Å². The van der Waals surface area contributed by atoms with E-state index in [1.165, 1.54) is 5.56 Å². The van der Waals surface area contributed by atoms with Crippen LogP contribution in [0.4, 0.5) is 0 Å². The SMILES string of the molecule is O=C1CN(C(=O)C2CCCO2)CC(OCc2ccncc2)CN1CCc1ccccc1. The number of amides is 2. The summed E-state index contributed by atoms with van der Waals surface area (Å²) in [5, 5.41) is 0. The number of carbonyl (C=O) groups is 2. The van der Waals surface area contributed by atoms with Crippen molar-refractivity contribution in [3.05, 3.63) is 66.0 Å². The average molecular weight is 424 g/mol. The Bertz CT molecular complexity index is 856. The van der Waals surface area contributed by atoms with Gasteiger partial charge in [0.2, 0.25) is 5.91 Å². The lowest BCUT2D eigenvalue weighted by atomic mass is 10.1. The lowest BCUT2D eigenvalue weighted by Crippen LogP contribution is -2.44. The standard InChI is InChI=1S/C24H29N3O4/c28-23-17-27(24(29)22-7-4-14-30-22)16-21(31-18-20-8-11-25-12-9-20)15-26(23)13-10-19-5-2-1-3-6-19/h1-3,5-6,8-9,11-12,21-22H,4,7,10,13-18H2. The molecule has 7 nitrogen and oxygen atoms in total. The first-order valence-corrected chi connectivity index (χ1v) is 10.9. The molecule has 2 unspecified atom stereocenters. The molecule has 3 heterocycles. The molecule has 0 saturated carbocycles. The summed E-state index contributed by atoms with van der Waals surface area (Å²) < 4.78 is 11.7. The third-order valence-corrected chi connectivity index (χ3v) is 5.79. The summed E-state index contributed by atoms with van der Waals surface area (Å²) in [6, 6.07) is 13.9. The Morgan fingerprint density at radius 1 is 1.10 bits per heavy atom. The van der Waals surface area contributed by atoms with Gasteiger partial charge in [-0.25, -0.2) is 0 Å². The topological polar surface area (TPSA) is 72.0 Å². The van der Waals surface area contributed by atoms with Crippen molar-refractivity contribution in [2.75, 3.05) is 32.8 Å². The fourth-order valence-electron chi connectivity index (χ4n) is 4.05. The molecule has 164 valence electrons. The first-order chi connectivity index (χ1) is 15.2. The number of hydrogen-bond acceptors (Lipinski definition) is 5. The van der Waals surface area contributed by atoms with Crippen molar-refractivity contribution in [3.63, 3.8) is 0 Å². The zero-order valence-electron chi connectivity index (χ0n) is 17.7. The summed E-state index contributed by atoms with van der Waals surface area (Å²) in [5.41, 5.74) is 2.19. The van der Waals surface area contributed by atoms with E-state index in [4.69, 9.17) is 9.47 Å². The largest absolute Gasteiger partial charge is 0.370 e. The summed E-state index contributed by atoms with van der Waals surface area (Å²) in [6.07, 6.45) is 5.12. The molecule has 1 aromatic carbocycles. The Morgan fingerprint density at radius 3 is 2.65 bits per heavy atom. The molecule has 2 aromatic rings. The molecule has 31 heavy (non-hydrogen) atoms. The van der Waals surface area contributed by atoms with E-state index in [0.29, 0.717) is 39.3 Å². The lowest BCUT2D eigenvalue weighted by molar-refractivity contribution is -0.145. The maximum absolute atomic E-state index is 13.0.